The summed E-state index contributed by atoms with van der Waals surface area (Å²) < 4.78 is 22.5. The van der Waals surface area contributed by atoms with Crippen molar-refractivity contribution in [3.8, 4) is 11.5 Å². The van der Waals surface area contributed by atoms with Crippen LogP contribution in [-0.2, 0) is 25.5 Å². The average molecular weight is 548 g/mol. The molecule has 4 atom stereocenters. The van der Waals surface area contributed by atoms with Gasteiger partial charge in [0.25, 0.3) is 0 Å². The molecule has 1 heterocycles. The topological polar surface area (TPSA) is 103 Å². The van der Waals surface area contributed by atoms with E-state index in [-0.39, 0.29) is 19.3 Å². The predicted octanol–water partition coefficient (Wildman–Crippen LogP) is 4.79. The number of hydrogen-bond donors (Lipinski definition) is 2. The summed E-state index contributed by atoms with van der Waals surface area (Å²) in [6.07, 6.45) is 0.607. The van der Waals surface area contributed by atoms with Gasteiger partial charge in [0.1, 0.15) is 0 Å². The van der Waals surface area contributed by atoms with Crippen LogP contribution in [0.1, 0.15) is 63.7 Å². The van der Waals surface area contributed by atoms with Gasteiger partial charge in [-0.2, -0.15) is 0 Å². The Bertz CT molecular complexity index is 1060. The van der Waals surface area contributed by atoms with Crippen LogP contribution in [0.2, 0.25) is 5.02 Å². The Kier molecular flexibility index (Phi) is 11.7. The summed E-state index contributed by atoms with van der Waals surface area (Å²) in [6, 6.07) is 12.6. The number of carbonyl (C=O) groups excluding carboxylic acids is 2. The molecule has 0 spiro atoms. The van der Waals surface area contributed by atoms with E-state index in [0.717, 1.165) is 24.0 Å². The van der Waals surface area contributed by atoms with Gasteiger partial charge in [0.15, 0.2) is 11.5 Å². The van der Waals surface area contributed by atoms with Gasteiger partial charge in [-0.1, -0.05) is 56.5 Å². The number of nitrogens with one attached hydrogen (secondary N) is 1. The van der Waals surface area contributed by atoms with Gasteiger partial charge in [0.05, 0.1) is 19.3 Å². The van der Waals surface area contributed by atoms with Crippen molar-refractivity contribution in [2.75, 3.05) is 19.8 Å². The number of ether oxygens (including phenoxy) is 4. The van der Waals surface area contributed by atoms with Gasteiger partial charge in [0, 0.05) is 17.6 Å². The van der Waals surface area contributed by atoms with Crippen molar-refractivity contribution in [3.05, 3.63) is 58.6 Å². The summed E-state index contributed by atoms with van der Waals surface area (Å²) in [4.78, 5) is 25.5. The molecule has 2 aromatic carbocycles. The average Bonchev–Trinajstić information content (AvgIpc) is 2.91. The summed E-state index contributed by atoms with van der Waals surface area (Å²) in [5.41, 5.74) is 1.68. The van der Waals surface area contributed by atoms with Crippen molar-refractivity contribution in [2.24, 2.45) is 0 Å². The number of esters is 2. The molecule has 0 saturated carbocycles. The lowest BCUT2D eigenvalue weighted by atomic mass is 10.0. The van der Waals surface area contributed by atoms with E-state index in [1.807, 2.05) is 39.0 Å². The highest BCUT2D eigenvalue weighted by Gasteiger charge is 2.44. The molecule has 9 heteroatoms. The van der Waals surface area contributed by atoms with Crippen LogP contribution < -0.4 is 14.8 Å². The lowest BCUT2D eigenvalue weighted by molar-refractivity contribution is -0.171. The molecule has 0 bridgehead atoms. The lowest BCUT2D eigenvalue weighted by Crippen LogP contribution is -2.51. The van der Waals surface area contributed by atoms with E-state index >= 15 is 0 Å². The number of benzene rings is 2. The van der Waals surface area contributed by atoms with Gasteiger partial charge < -0.3 is 29.4 Å². The van der Waals surface area contributed by atoms with E-state index in [4.69, 9.17) is 30.5 Å². The second kappa shape index (κ2) is 15.0. The molecule has 0 fully saturated rings. The number of halogens is 1. The third-order valence-corrected chi connectivity index (χ3v) is 6.41. The first-order chi connectivity index (χ1) is 18.3. The first kappa shape index (κ1) is 29.7. The lowest BCUT2D eigenvalue weighted by Gasteiger charge is -2.31. The standard InChI is InChI=1S/C29H38ClNO7/c1-4-6-13-35-28(33)26-27(29(34)36-14-7-5-2)38-25-16-20(11-12-24(25)37-26)15-19(3)31-18-23(32)21-9-8-10-22(30)17-21/h8-12,16-17,19,23,26-27,31-32H,4-7,13-15,18H2,1-3H3. The van der Waals surface area contributed by atoms with Crippen LogP contribution in [-0.4, -0.2) is 55.1 Å². The normalized spacial score (nSPS) is 17.9. The molecule has 0 amide bonds. The monoisotopic (exact) mass is 547 g/mol. The van der Waals surface area contributed by atoms with Crippen molar-refractivity contribution < 1.29 is 33.6 Å². The molecule has 2 aromatic rings. The fraction of sp³-hybridized carbons (Fsp3) is 0.517. The van der Waals surface area contributed by atoms with Crippen LogP contribution >= 0.6 is 11.6 Å². The molecule has 0 saturated heterocycles. The van der Waals surface area contributed by atoms with Gasteiger partial charge in [-0.25, -0.2) is 9.59 Å². The highest BCUT2D eigenvalue weighted by atomic mass is 35.5. The van der Waals surface area contributed by atoms with Crippen LogP contribution in [0.4, 0.5) is 0 Å². The summed E-state index contributed by atoms with van der Waals surface area (Å²) in [5, 5.41) is 14.4. The van der Waals surface area contributed by atoms with Crippen LogP contribution in [0.3, 0.4) is 0 Å². The van der Waals surface area contributed by atoms with Gasteiger partial charge in [-0.15, -0.1) is 0 Å². The van der Waals surface area contributed by atoms with E-state index in [9.17, 15) is 14.7 Å². The number of unbranched alkanes of at least 4 members (excludes halogenated alkanes) is 2. The first-order valence-electron chi connectivity index (χ1n) is 13.3. The third kappa shape index (κ3) is 8.61. The molecule has 0 aromatic heterocycles. The highest BCUT2D eigenvalue weighted by molar-refractivity contribution is 6.30. The largest absolute Gasteiger partial charge is 0.470 e. The molecular weight excluding hydrogens is 510 g/mol. The Hall–Kier alpha value is -2.81. The molecular formula is C29H38ClNO7. The zero-order valence-corrected chi connectivity index (χ0v) is 23.0. The SMILES string of the molecule is CCCCOC(=O)C1Oc2ccc(CC(C)NCC(O)c3cccc(Cl)c3)cc2OC1C(=O)OCCCC. The Balaban J connectivity index is 1.65. The van der Waals surface area contributed by atoms with E-state index in [2.05, 4.69) is 5.32 Å². The number of aliphatic hydroxyl groups is 1. The van der Waals surface area contributed by atoms with Crippen LogP contribution in [0.25, 0.3) is 0 Å². The number of fused-ring (bicyclic) bond motifs is 1. The third-order valence-electron chi connectivity index (χ3n) is 6.18. The molecule has 208 valence electrons. The molecule has 0 radical (unpaired) electrons. The Morgan fingerprint density at radius 2 is 1.61 bits per heavy atom. The number of rotatable bonds is 14. The first-order valence-corrected chi connectivity index (χ1v) is 13.7. The quantitative estimate of drug-likeness (QED) is 0.257. The minimum Gasteiger partial charge on any atom is -0.470 e. The zero-order valence-electron chi connectivity index (χ0n) is 22.3. The van der Waals surface area contributed by atoms with E-state index < -0.39 is 30.3 Å². The minimum absolute atomic E-state index is 0.0301. The Morgan fingerprint density at radius 1 is 0.974 bits per heavy atom. The highest BCUT2D eigenvalue weighted by Crippen LogP contribution is 2.36. The van der Waals surface area contributed by atoms with E-state index in [1.54, 1.807) is 24.3 Å². The number of aliphatic hydroxyl groups excluding tert-OH is 1. The molecule has 1 aliphatic heterocycles. The maximum atomic E-state index is 12.8. The second-order valence-electron chi connectivity index (χ2n) is 9.48. The fourth-order valence-corrected chi connectivity index (χ4v) is 4.18. The Labute approximate surface area is 229 Å². The molecule has 38 heavy (non-hydrogen) atoms. The van der Waals surface area contributed by atoms with Crippen LogP contribution in [0, 0.1) is 0 Å². The number of carbonyl (C=O) groups is 2. The van der Waals surface area contributed by atoms with Crippen LogP contribution in [0.5, 0.6) is 11.5 Å². The van der Waals surface area contributed by atoms with Gasteiger partial charge >= 0.3 is 11.9 Å². The maximum absolute atomic E-state index is 12.8. The molecule has 3 rings (SSSR count). The van der Waals surface area contributed by atoms with Crippen molar-refractivity contribution in [1.29, 1.82) is 0 Å². The molecule has 1 aliphatic rings. The smallest absolute Gasteiger partial charge is 0.351 e. The summed E-state index contributed by atoms with van der Waals surface area (Å²) in [7, 11) is 0. The molecule has 2 N–H and O–H groups in total. The van der Waals surface area contributed by atoms with Gasteiger partial charge in [0.2, 0.25) is 12.2 Å². The van der Waals surface area contributed by atoms with E-state index in [0.29, 0.717) is 42.3 Å². The van der Waals surface area contributed by atoms with Gasteiger partial charge in [-0.3, -0.25) is 0 Å². The predicted molar refractivity (Wildman–Crippen MR) is 145 cm³/mol. The maximum Gasteiger partial charge on any atom is 0.351 e. The molecule has 0 aliphatic carbocycles. The van der Waals surface area contributed by atoms with E-state index in [1.165, 1.54) is 0 Å². The summed E-state index contributed by atoms with van der Waals surface area (Å²) >= 11 is 6.02. The Morgan fingerprint density at radius 3 is 2.21 bits per heavy atom. The summed E-state index contributed by atoms with van der Waals surface area (Å²) in [6.45, 7) is 6.85. The summed E-state index contributed by atoms with van der Waals surface area (Å²) in [5.74, 6) is -0.580. The molecule has 8 nitrogen and oxygen atoms in total. The second-order valence-corrected chi connectivity index (χ2v) is 9.92. The van der Waals surface area contributed by atoms with Crippen molar-refractivity contribution in [2.45, 2.75) is 77.2 Å². The van der Waals surface area contributed by atoms with Crippen molar-refractivity contribution >= 4 is 23.5 Å². The molecule has 4 unspecified atom stereocenters. The van der Waals surface area contributed by atoms with Crippen molar-refractivity contribution in [3.63, 3.8) is 0 Å². The van der Waals surface area contributed by atoms with Crippen molar-refractivity contribution in [1.82, 2.24) is 5.32 Å². The number of hydrogen-bond acceptors (Lipinski definition) is 8. The van der Waals surface area contributed by atoms with Gasteiger partial charge in [-0.05, 0) is 61.6 Å². The fourth-order valence-electron chi connectivity index (χ4n) is 3.98. The van der Waals surface area contributed by atoms with Crippen LogP contribution in [0.15, 0.2) is 42.5 Å². The zero-order chi connectivity index (χ0) is 27.5. The minimum atomic E-state index is -1.26.